The molecular weight excluding hydrogens is 268 g/mol. The zero-order valence-electron chi connectivity index (χ0n) is 10.1. The van der Waals surface area contributed by atoms with Gasteiger partial charge in [-0.3, -0.25) is 4.68 Å². The molecule has 0 radical (unpaired) electrons. The molecule has 1 aromatic heterocycles. The predicted molar refractivity (Wildman–Crippen MR) is 69.1 cm³/mol. The summed E-state index contributed by atoms with van der Waals surface area (Å²) >= 11 is 0. The van der Waals surface area contributed by atoms with E-state index < -0.39 is 16.0 Å². The maximum Gasteiger partial charge on any atom is 0.335 e. The van der Waals surface area contributed by atoms with Crippen molar-refractivity contribution in [3.8, 4) is 0 Å². The van der Waals surface area contributed by atoms with Crippen LogP contribution in [-0.2, 0) is 10.0 Å². The fourth-order valence-corrected chi connectivity index (χ4v) is 2.88. The maximum atomic E-state index is 12.2. The van der Waals surface area contributed by atoms with Crippen LogP contribution in [0, 0.1) is 6.92 Å². The van der Waals surface area contributed by atoms with Crippen molar-refractivity contribution >= 4 is 16.0 Å². The molecule has 7 heteroatoms. The van der Waals surface area contributed by atoms with Crippen molar-refractivity contribution in [2.45, 2.75) is 11.8 Å². The van der Waals surface area contributed by atoms with Crippen LogP contribution >= 0.6 is 0 Å². The Morgan fingerprint density at radius 1 is 1.26 bits per heavy atom. The van der Waals surface area contributed by atoms with Crippen molar-refractivity contribution in [1.29, 1.82) is 0 Å². The molecule has 0 saturated heterocycles. The van der Waals surface area contributed by atoms with Crippen LogP contribution < -0.4 is 4.83 Å². The van der Waals surface area contributed by atoms with Crippen molar-refractivity contribution in [2.24, 2.45) is 0 Å². The van der Waals surface area contributed by atoms with Crippen LogP contribution in [0.5, 0.6) is 0 Å². The number of nitrogens with one attached hydrogen (secondary N) is 1. The molecule has 0 spiro atoms. The highest BCUT2D eigenvalue weighted by atomic mass is 32.2. The molecule has 0 amide bonds. The summed E-state index contributed by atoms with van der Waals surface area (Å²) in [6.07, 6.45) is 3.07. The van der Waals surface area contributed by atoms with Crippen molar-refractivity contribution in [1.82, 2.24) is 4.68 Å². The van der Waals surface area contributed by atoms with E-state index in [1.165, 1.54) is 29.2 Å². The second-order valence-electron chi connectivity index (χ2n) is 3.97. The lowest BCUT2D eigenvalue weighted by molar-refractivity contribution is 0.0696. The van der Waals surface area contributed by atoms with Crippen molar-refractivity contribution in [3.05, 3.63) is 53.9 Å². The van der Waals surface area contributed by atoms with E-state index in [0.717, 1.165) is 6.07 Å². The van der Waals surface area contributed by atoms with E-state index in [1.54, 1.807) is 19.1 Å². The van der Waals surface area contributed by atoms with Crippen LogP contribution in [0.2, 0.25) is 0 Å². The van der Waals surface area contributed by atoms with Gasteiger partial charge in [-0.2, -0.15) is 8.42 Å². The summed E-state index contributed by atoms with van der Waals surface area (Å²) in [5.74, 6) is -1.17. The Balaban J connectivity index is 2.45. The summed E-state index contributed by atoms with van der Waals surface area (Å²) in [7, 11) is -3.82. The number of nitrogens with zero attached hydrogens (tertiary/aromatic N) is 1. The summed E-state index contributed by atoms with van der Waals surface area (Å²) in [6.45, 7) is 1.61. The second kappa shape index (κ2) is 4.77. The summed E-state index contributed by atoms with van der Waals surface area (Å²) in [4.78, 5) is 13.2. The molecule has 1 aromatic carbocycles. The quantitative estimate of drug-likeness (QED) is 0.886. The summed E-state index contributed by atoms with van der Waals surface area (Å²) in [5, 5.41) is 8.90. The fourth-order valence-electron chi connectivity index (χ4n) is 1.61. The third kappa shape index (κ3) is 2.76. The van der Waals surface area contributed by atoms with E-state index in [-0.39, 0.29) is 10.5 Å². The lowest BCUT2D eigenvalue weighted by atomic mass is 10.1. The Bertz CT molecular complexity index is 705. The van der Waals surface area contributed by atoms with Crippen LogP contribution in [-0.4, -0.2) is 24.2 Å². The van der Waals surface area contributed by atoms with Gasteiger partial charge in [-0.05, 0) is 36.8 Å². The smallest absolute Gasteiger partial charge is 0.335 e. The second-order valence-corrected chi connectivity index (χ2v) is 5.60. The SMILES string of the molecule is Cc1ccc(C(=O)O)cc1S(=O)(=O)Nn1cccc1. The molecule has 2 N–H and O–H groups in total. The van der Waals surface area contributed by atoms with Crippen LogP contribution in [0.15, 0.2) is 47.6 Å². The molecule has 0 aliphatic heterocycles. The van der Waals surface area contributed by atoms with E-state index in [4.69, 9.17) is 5.11 Å². The highest BCUT2D eigenvalue weighted by Gasteiger charge is 2.18. The van der Waals surface area contributed by atoms with Gasteiger partial charge in [0.05, 0.1) is 10.5 Å². The molecule has 2 aromatic rings. The van der Waals surface area contributed by atoms with Gasteiger partial charge in [0.2, 0.25) is 0 Å². The average Bonchev–Trinajstić information content (AvgIpc) is 2.81. The first-order chi connectivity index (χ1) is 8.90. The normalized spacial score (nSPS) is 11.2. The minimum absolute atomic E-state index is 0.0545. The van der Waals surface area contributed by atoms with Gasteiger partial charge in [0.15, 0.2) is 0 Å². The molecular formula is C12H12N2O4S. The number of aromatic carboxylic acids is 1. The summed E-state index contributed by atoms with van der Waals surface area (Å²) < 4.78 is 25.6. The Morgan fingerprint density at radius 2 is 1.89 bits per heavy atom. The molecule has 0 aliphatic rings. The van der Waals surface area contributed by atoms with Crippen molar-refractivity contribution < 1.29 is 18.3 Å². The molecule has 6 nitrogen and oxygen atoms in total. The van der Waals surface area contributed by atoms with Gasteiger partial charge in [0.25, 0.3) is 10.0 Å². The molecule has 0 saturated carbocycles. The third-order valence-corrected chi connectivity index (χ3v) is 4.02. The van der Waals surface area contributed by atoms with Gasteiger partial charge < -0.3 is 5.11 Å². The molecule has 0 unspecified atom stereocenters. The number of aromatic nitrogens is 1. The monoisotopic (exact) mass is 280 g/mol. The van der Waals surface area contributed by atoms with E-state index in [9.17, 15) is 13.2 Å². The Hall–Kier alpha value is -2.28. The Kier molecular flexibility index (Phi) is 3.30. The molecule has 2 rings (SSSR count). The fraction of sp³-hybridized carbons (Fsp3) is 0.0833. The Morgan fingerprint density at radius 3 is 2.47 bits per heavy atom. The van der Waals surface area contributed by atoms with Crippen LogP contribution in [0.25, 0.3) is 0 Å². The molecule has 0 aliphatic carbocycles. The maximum absolute atomic E-state index is 12.2. The van der Waals surface area contributed by atoms with Crippen LogP contribution in [0.3, 0.4) is 0 Å². The minimum Gasteiger partial charge on any atom is -0.478 e. The number of carboxylic acid groups (broad SMARTS) is 1. The summed E-state index contributed by atoms with van der Waals surface area (Å²) in [6, 6.07) is 7.32. The van der Waals surface area contributed by atoms with E-state index in [2.05, 4.69) is 4.83 Å². The topological polar surface area (TPSA) is 88.4 Å². The van der Waals surface area contributed by atoms with Gasteiger partial charge in [0.1, 0.15) is 0 Å². The van der Waals surface area contributed by atoms with Gasteiger partial charge in [-0.15, -0.1) is 0 Å². The lowest BCUT2D eigenvalue weighted by Gasteiger charge is -2.11. The zero-order chi connectivity index (χ0) is 14.0. The average molecular weight is 280 g/mol. The number of sulfonamides is 1. The standard InChI is InChI=1S/C12H12N2O4S/c1-9-4-5-10(12(15)16)8-11(9)19(17,18)13-14-6-2-3-7-14/h2-8,13H,1H3,(H,15,16). The van der Waals surface area contributed by atoms with Crippen molar-refractivity contribution in [2.75, 3.05) is 4.83 Å². The lowest BCUT2D eigenvalue weighted by Crippen LogP contribution is -2.23. The first kappa shape index (κ1) is 13.2. The first-order valence-electron chi connectivity index (χ1n) is 5.40. The van der Waals surface area contributed by atoms with Gasteiger partial charge in [-0.25, -0.2) is 9.63 Å². The number of benzene rings is 1. The van der Waals surface area contributed by atoms with Crippen LogP contribution in [0.4, 0.5) is 0 Å². The highest BCUT2D eigenvalue weighted by molar-refractivity contribution is 7.92. The van der Waals surface area contributed by atoms with Gasteiger partial charge >= 0.3 is 5.97 Å². The molecule has 0 bridgehead atoms. The van der Waals surface area contributed by atoms with Gasteiger partial charge in [-0.1, -0.05) is 6.07 Å². The number of rotatable bonds is 4. The molecule has 19 heavy (non-hydrogen) atoms. The number of hydrogen-bond donors (Lipinski definition) is 2. The number of carboxylic acids is 1. The number of carbonyl (C=O) groups is 1. The molecule has 0 fully saturated rings. The largest absolute Gasteiger partial charge is 0.478 e. The Labute approximate surface area is 110 Å². The molecule has 100 valence electrons. The zero-order valence-corrected chi connectivity index (χ0v) is 10.9. The van der Waals surface area contributed by atoms with E-state index in [0.29, 0.717) is 5.56 Å². The van der Waals surface area contributed by atoms with Crippen LogP contribution in [0.1, 0.15) is 15.9 Å². The van der Waals surface area contributed by atoms with Gasteiger partial charge in [0, 0.05) is 12.4 Å². The third-order valence-electron chi connectivity index (χ3n) is 2.55. The highest BCUT2D eigenvalue weighted by Crippen LogP contribution is 2.17. The van der Waals surface area contributed by atoms with E-state index in [1.807, 2.05) is 0 Å². The molecule has 0 atom stereocenters. The predicted octanol–water partition coefficient (Wildman–Crippen LogP) is 1.43. The van der Waals surface area contributed by atoms with E-state index >= 15 is 0 Å². The first-order valence-corrected chi connectivity index (χ1v) is 6.88. The number of hydrogen-bond acceptors (Lipinski definition) is 3. The summed E-state index contributed by atoms with van der Waals surface area (Å²) in [5.41, 5.74) is 0.406. The van der Waals surface area contributed by atoms with Crippen molar-refractivity contribution in [3.63, 3.8) is 0 Å². The molecule has 1 heterocycles. The minimum atomic E-state index is -3.82. The number of aryl methyl sites for hydroxylation is 1.